The summed E-state index contributed by atoms with van der Waals surface area (Å²) in [5.74, 6) is 0. The smallest absolute Gasteiger partial charge is 0.0843 e. The predicted molar refractivity (Wildman–Crippen MR) is 112 cm³/mol. The number of rotatable bonds is 6. The number of hydrogen-bond donors (Lipinski definition) is 2. The fourth-order valence-corrected chi connectivity index (χ4v) is 4.40. The molecule has 0 spiro atoms. The van der Waals surface area contributed by atoms with E-state index in [1.807, 2.05) is 6.07 Å². The minimum Gasteiger partial charge on any atom is -0.390 e. The van der Waals surface area contributed by atoms with Gasteiger partial charge < -0.3 is 15.0 Å². The van der Waals surface area contributed by atoms with Crippen LogP contribution in [0.15, 0.2) is 54.6 Å². The van der Waals surface area contributed by atoms with Crippen LogP contribution in [0.5, 0.6) is 0 Å². The first kappa shape index (κ1) is 18.3. The summed E-state index contributed by atoms with van der Waals surface area (Å²) in [5, 5.41) is 15.7. The van der Waals surface area contributed by atoms with E-state index in [0.29, 0.717) is 13.1 Å². The molecule has 2 N–H and O–H groups in total. The van der Waals surface area contributed by atoms with Gasteiger partial charge in [0.2, 0.25) is 0 Å². The molecule has 0 fully saturated rings. The second kappa shape index (κ2) is 7.49. The van der Waals surface area contributed by atoms with Crippen LogP contribution in [0.1, 0.15) is 43.5 Å². The van der Waals surface area contributed by atoms with Crippen molar-refractivity contribution in [3.63, 3.8) is 0 Å². The molecule has 0 saturated carbocycles. The van der Waals surface area contributed by atoms with E-state index in [-0.39, 0.29) is 5.54 Å². The van der Waals surface area contributed by atoms with Gasteiger partial charge in [-0.05, 0) is 56.7 Å². The molecule has 0 amide bonds. The average Bonchev–Trinajstić information content (AvgIpc) is 3.01. The van der Waals surface area contributed by atoms with Crippen LogP contribution in [0.25, 0.3) is 10.9 Å². The number of aromatic nitrogens is 1. The Labute approximate surface area is 162 Å². The Morgan fingerprint density at radius 2 is 1.70 bits per heavy atom. The van der Waals surface area contributed by atoms with Crippen LogP contribution in [-0.2, 0) is 24.9 Å². The molecule has 1 aliphatic carbocycles. The van der Waals surface area contributed by atoms with Crippen molar-refractivity contribution in [3.05, 3.63) is 71.4 Å². The quantitative estimate of drug-likeness (QED) is 0.682. The summed E-state index contributed by atoms with van der Waals surface area (Å²) in [7, 11) is 0. The minimum absolute atomic E-state index is 0.166. The molecule has 0 radical (unpaired) electrons. The highest BCUT2D eigenvalue weighted by Crippen LogP contribution is 2.32. The van der Waals surface area contributed by atoms with Gasteiger partial charge in [-0.15, -0.1) is 0 Å². The Morgan fingerprint density at radius 1 is 1.00 bits per heavy atom. The summed E-state index contributed by atoms with van der Waals surface area (Å²) in [6.07, 6.45) is 4.39. The topological polar surface area (TPSA) is 37.2 Å². The zero-order valence-electron chi connectivity index (χ0n) is 16.4. The average molecular weight is 363 g/mol. The molecule has 3 heteroatoms. The van der Waals surface area contributed by atoms with Crippen molar-refractivity contribution in [1.29, 1.82) is 0 Å². The normalized spacial score (nSPS) is 15.7. The van der Waals surface area contributed by atoms with Gasteiger partial charge in [0.15, 0.2) is 0 Å². The molecular weight excluding hydrogens is 332 g/mol. The van der Waals surface area contributed by atoms with Gasteiger partial charge in [-0.2, -0.15) is 0 Å². The minimum atomic E-state index is -0.421. The first-order valence-corrected chi connectivity index (χ1v) is 10.1. The Kier molecular flexibility index (Phi) is 5.07. The van der Waals surface area contributed by atoms with Gasteiger partial charge in [0.05, 0.1) is 12.6 Å². The van der Waals surface area contributed by atoms with Crippen LogP contribution in [-0.4, -0.2) is 22.3 Å². The number of para-hydroxylation sites is 1. The molecule has 1 atom stereocenters. The number of aliphatic hydroxyl groups excluding tert-OH is 1. The van der Waals surface area contributed by atoms with Crippen molar-refractivity contribution in [3.8, 4) is 0 Å². The zero-order chi connectivity index (χ0) is 18.9. The molecule has 142 valence electrons. The SMILES string of the molecule is CC(C)(NCC(O)Cn1c2c(c3ccccc31)CCCC2)c1ccccc1. The first-order chi connectivity index (χ1) is 13.1. The molecule has 4 rings (SSSR count). The molecule has 1 unspecified atom stereocenters. The van der Waals surface area contributed by atoms with Gasteiger partial charge in [-0.1, -0.05) is 48.5 Å². The summed E-state index contributed by atoms with van der Waals surface area (Å²) >= 11 is 0. The molecule has 0 saturated heterocycles. The Morgan fingerprint density at radius 3 is 2.52 bits per heavy atom. The van der Waals surface area contributed by atoms with E-state index in [1.165, 1.54) is 40.6 Å². The number of nitrogens with one attached hydrogen (secondary N) is 1. The Bertz CT molecular complexity index is 911. The predicted octanol–water partition coefficient (Wildman–Crippen LogP) is 4.41. The second-order valence-electron chi connectivity index (χ2n) is 8.29. The molecule has 2 aromatic carbocycles. The maximum Gasteiger partial charge on any atom is 0.0843 e. The number of benzene rings is 2. The maximum atomic E-state index is 10.8. The lowest BCUT2D eigenvalue weighted by Crippen LogP contribution is -2.42. The van der Waals surface area contributed by atoms with Crippen molar-refractivity contribution in [2.75, 3.05) is 6.54 Å². The first-order valence-electron chi connectivity index (χ1n) is 10.1. The van der Waals surface area contributed by atoms with Crippen LogP contribution in [0, 0.1) is 0 Å². The highest BCUT2D eigenvalue weighted by Gasteiger charge is 2.23. The van der Waals surface area contributed by atoms with Crippen molar-refractivity contribution < 1.29 is 5.11 Å². The maximum absolute atomic E-state index is 10.8. The van der Waals surface area contributed by atoms with E-state index >= 15 is 0 Å². The molecule has 3 nitrogen and oxygen atoms in total. The summed E-state index contributed by atoms with van der Waals surface area (Å²) in [6, 6.07) is 19.1. The van der Waals surface area contributed by atoms with Gasteiger partial charge in [-0.25, -0.2) is 0 Å². The van der Waals surface area contributed by atoms with E-state index < -0.39 is 6.10 Å². The van der Waals surface area contributed by atoms with Crippen LogP contribution >= 0.6 is 0 Å². The van der Waals surface area contributed by atoms with Gasteiger partial charge in [-0.3, -0.25) is 0 Å². The fraction of sp³-hybridized carbons (Fsp3) is 0.417. The largest absolute Gasteiger partial charge is 0.390 e. The number of aliphatic hydroxyl groups is 1. The number of hydrogen-bond acceptors (Lipinski definition) is 2. The van der Waals surface area contributed by atoms with Crippen LogP contribution < -0.4 is 5.32 Å². The van der Waals surface area contributed by atoms with Crippen molar-refractivity contribution in [1.82, 2.24) is 9.88 Å². The Hall–Kier alpha value is -2.10. The van der Waals surface area contributed by atoms with E-state index in [0.717, 1.165) is 12.8 Å². The van der Waals surface area contributed by atoms with E-state index in [4.69, 9.17) is 0 Å². The van der Waals surface area contributed by atoms with E-state index in [2.05, 4.69) is 72.3 Å². The molecule has 1 aromatic heterocycles. The van der Waals surface area contributed by atoms with Gasteiger partial charge in [0.25, 0.3) is 0 Å². The van der Waals surface area contributed by atoms with Gasteiger partial charge >= 0.3 is 0 Å². The third kappa shape index (κ3) is 3.67. The zero-order valence-corrected chi connectivity index (χ0v) is 16.4. The van der Waals surface area contributed by atoms with E-state index in [9.17, 15) is 5.11 Å². The molecule has 1 heterocycles. The van der Waals surface area contributed by atoms with E-state index in [1.54, 1.807) is 0 Å². The lowest BCUT2D eigenvalue weighted by molar-refractivity contribution is 0.140. The van der Waals surface area contributed by atoms with Gasteiger partial charge in [0, 0.05) is 28.7 Å². The second-order valence-corrected chi connectivity index (χ2v) is 8.29. The molecule has 3 aromatic rings. The van der Waals surface area contributed by atoms with Crippen molar-refractivity contribution in [2.45, 2.75) is 57.7 Å². The molecule has 0 aliphatic heterocycles. The summed E-state index contributed by atoms with van der Waals surface area (Å²) in [5.41, 5.74) is 5.28. The molecular formula is C24H30N2O. The molecule has 0 bridgehead atoms. The molecule has 1 aliphatic rings. The monoisotopic (exact) mass is 362 g/mol. The molecule has 27 heavy (non-hydrogen) atoms. The lowest BCUT2D eigenvalue weighted by Gasteiger charge is -2.29. The van der Waals surface area contributed by atoms with Crippen molar-refractivity contribution in [2.24, 2.45) is 0 Å². The third-order valence-electron chi connectivity index (χ3n) is 5.95. The van der Waals surface area contributed by atoms with Crippen LogP contribution in [0.3, 0.4) is 0 Å². The lowest BCUT2D eigenvalue weighted by atomic mass is 9.94. The fourth-order valence-electron chi connectivity index (χ4n) is 4.40. The third-order valence-corrected chi connectivity index (χ3v) is 5.95. The Balaban J connectivity index is 1.51. The summed E-state index contributed by atoms with van der Waals surface area (Å²) in [4.78, 5) is 0. The van der Waals surface area contributed by atoms with Crippen molar-refractivity contribution >= 4 is 10.9 Å². The highest BCUT2D eigenvalue weighted by atomic mass is 16.3. The number of fused-ring (bicyclic) bond motifs is 3. The van der Waals surface area contributed by atoms with Crippen LogP contribution in [0.4, 0.5) is 0 Å². The summed E-state index contributed by atoms with van der Waals surface area (Å²) < 4.78 is 2.37. The standard InChI is InChI=1S/C24H30N2O/c1-24(2,18-10-4-3-5-11-18)25-16-19(27)17-26-22-14-8-6-12-20(22)21-13-7-9-15-23(21)26/h3-6,8,10-12,14,19,25,27H,7,9,13,15-17H2,1-2H3. The number of nitrogens with zero attached hydrogens (tertiary/aromatic N) is 1. The summed E-state index contributed by atoms with van der Waals surface area (Å²) in [6.45, 7) is 5.56. The van der Waals surface area contributed by atoms with Crippen LogP contribution in [0.2, 0.25) is 0 Å². The highest BCUT2D eigenvalue weighted by molar-refractivity contribution is 5.85. The number of aryl methyl sites for hydroxylation is 1. The van der Waals surface area contributed by atoms with Gasteiger partial charge in [0.1, 0.15) is 0 Å².